The van der Waals surface area contributed by atoms with E-state index in [0.717, 1.165) is 11.3 Å². The molecule has 0 radical (unpaired) electrons. The van der Waals surface area contributed by atoms with Crippen LogP contribution in [0.5, 0.6) is 23.0 Å². The maximum atomic E-state index is 12.5. The molecule has 172 valence electrons. The Morgan fingerprint density at radius 2 is 1.61 bits per heavy atom. The zero-order valence-corrected chi connectivity index (χ0v) is 20.2. The number of hydrogen-bond acceptors (Lipinski definition) is 5. The summed E-state index contributed by atoms with van der Waals surface area (Å²) in [5.74, 6) is 2.04. The number of benzene rings is 2. The number of halogens is 3. The zero-order valence-electron chi connectivity index (χ0n) is 17.9. The van der Waals surface area contributed by atoms with Crippen LogP contribution in [-0.4, -0.2) is 39.9 Å². The fraction of sp³-hybridized carbons (Fsp3) is 0.381. The number of ether oxygens (including phenoxy) is 4. The van der Waals surface area contributed by atoms with Gasteiger partial charge in [0.15, 0.2) is 29.0 Å². The van der Waals surface area contributed by atoms with Crippen molar-refractivity contribution in [1.29, 1.82) is 0 Å². The molecule has 0 fully saturated rings. The van der Waals surface area contributed by atoms with Crippen LogP contribution in [0.15, 0.2) is 41.4 Å². The topological polar surface area (TPSA) is 73.3 Å². The van der Waals surface area contributed by atoms with Gasteiger partial charge >= 0.3 is 6.61 Å². The lowest BCUT2D eigenvalue weighted by molar-refractivity contribution is -0.0514. The van der Waals surface area contributed by atoms with Gasteiger partial charge in [-0.15, -0.1) is 24.0 Å². The summed E-state index contributed by atoms with van der Waals surface area (Å²) in [6.07, 6.45) is 0. The van der Waals surface area contributed by atoms with Gasteiger partial charge in [-0.25, -0.2) is 0 Å². The van der Waals surface area contributed by atoms with Gasteiger partial charge in [0, 0.05) is 25.3 Å². The van der Waals surface area contributed by atoms with Gasteiger partial charge in [-0.05, 0) is 43.7 Å². The van der Waals surface area contributed by atoms with Crippen molar-refractivity contribution in [2.75, 3.05) is 32.7 Å². The molecule has 0 aromatic heterocycles. The molecule has 0 heterocycles. The van der Waals surface area contributed by atoms with E-state index in [1.165, 1.54) is 6.07 Å². The summed E-state index contributed by atoms with van der Waals surface area (Å²) >= 11 is 0. The average Bonchev–Trinajstić information content (AvgIpc) is 2.73. The van der Waals surface area contributed by atoms with Crippen LogP contribution in [-0.2, 0) is 6.54 Å². The highest BCUT2D eigenvalue weighted by molar-refractivity contribution is 14.0. The molecule has 2 aromatic carbocycles. The van der Waals surface area contributed by atoms with Crippen LogP contribution in [0, 0.1) is 0 Å². The third-order valence-corrected chi connectivity index (χ3v) is 3.93. The maximum absolute atomic E-state index is 12.5. The number of guanidine groups is 1. The van der Waals surface area contributed by atoms with Gasteiger partial charge in [-0.1, -0.05) is 6.07 Å². The molecule has 0 bridgehead atoms. The van der Waals surface area contributed by atoms with E-state index in [-0.39, 0.29) is 35.5 Å². The molecule has 0 unspecified atom stereocenters. The Balaban J connectivity index is 0.00000480. The summed E-state index contributed by atoms with van der Waals surface area (Å²) in [6, 6.07) is 10.3. The molecule has 0 saturated heterocycles. The first-order chi connectivity index (χ1) is 14.5. The van der Waals surface area contributed by atoms with Crippen LogP contribution in [0.25, 0.3) is 0 Å². The van der Waals surface area contributed by atoms with Gasteiger partial charge < -0.3 is 29.6 Å². The number of rotatable bonds is 10. The largest absolute Gasteiger partial charge is 0.493 e. The minimum Gasteiger partial charge on any atom is -0.493 e. The van der Waals surface area contributed by atoms with Crippen molar-refractivity contribution in [3.8, 4) is 23.0 Å². The van der Waals surface area contributed by atoms with E-state index >= 15 is 0 Å². The van der Waals surface area contributed by atoms with Crippen LogP contribution < -0.4 is 29.6 Å². The Hall–Kier alpha value is -2.50. The van der Waals surface area contributed by atoms with Crippen molar-refractivity contribution in [3.63, 3.8) is 0 Å². The van der Waals surface area contributed by atoms with Crippen molar-refractivity contribution in [2.24, 2.45) is 4.99 Å². The number of hydrogen-bond donors (Lipinski definition) is 2. The van der Waals surface area contributed by atoms with E-state index < -0.39 is 6.61 Å². The number of nitrogens with one attached hydrogen (secondary N) is 2. The molecule has 0 aliphatic carbocycles. The number of nitrogens with zero attached hydrogens (tertiary/aromatic N) is 1. The Bertz CT molecular complexity index is 853. The second kappa shape index (κ2) is 13.7. The molecule has 2 rings (SSSR count). The molecule has 0 saturated carbocycles. The predicted molar refractivity (Wildman–Crippen MR) is 128 cm³/mol. The lowest BCUT2D eigenvalue weighted by atomic mass is 10.2. The molecule has 0 amide bonds. The van der Waals surface area contributed by atoms with Crippen LogP contribution in [0.2, 0.25) is 0 Å². The Morgan fingerprint density at radius 1 is 0.968 bits per heavy atom. The van der Waals surface area contributed by atoms with Crippen LogP contribution in [0.1, 0.15) is 19.4 Å². The summed E-state index contributed by atoms with van der Waals surface area (Å²) in [4.78, 5) is 4.20. The smallest absolute Gasteiger partial charge is 0.387 e. The second-order valence-corrected chi connectivity index (χ2v) is 5.94. The van der Waals surface area contributed by atoms with Gasteiger partial charge in [0.05, 0.1) is 20.3 Å². The van der Waals surface area contributed by atoms with E-state index in [1.807, 2.05) is 19.1 Å². The quantitative estimate of drug-likeness (QED) is 0.249. The number of aliphatic imine (C=N–C) groups is 1. The monoisotopic (exact) mass is 551 g/mol. The maximum Gasteiger partial charge on any atom is 0.387 e. The van der Waals surface area contributed by atoms with Crippen molar-refractivity contribution in [2.45, 2.75) is 27.0 Å². The van der Waals surface area contributed by atoms with E-state index in [4.69, 9.17) is 14.2 Å². The molecule has 0 aliphatic heterocycles. The van der Waals surface area contributed by atoms with Gasteiger partial charge in [-0.2, -0.15) is 8.78 Å². The molecule has 2 aromatic rings. The first kappa shape index (κ1) is 26.5. The SMILES string of the molecule is CCOc1cc(NC(=NC)NCc2ccc(OC(F)F)c(OCC)c2)ccc1OC.I. The Labute approximate surface area is 198 Å². The van der Waals surface area contributed by atoms with Crippen LogP contribution >= 0.6 is 24.0 Å². The van der Waals surface area contributed by atoms with Crippen molar-refractivity contribution in [1.82, 2.24) is 5.32 Å². The highest BCUT2D eigenvalue weighted by atomic mass is 127. The number of anilines is 1. The summed E-state index contributed by atoms with van der Waals surface area (Å²) < 4.78 is 45.9. The molecular formula is C21H28F2IN3O4. The molecule has 10 heteroatoms. The summed E-state index contributed by atoms with van der Waals surface area (Å²) in [5, 5.41) is 6.34. The minimum atomic E-state index is -2.91. The third-order valence-electron chi connectivity index (χ3n) is 3.93. The Morgan fingerprint density at radius 3 is 2.19 bits per heavy atom. The van der Waals surface area contributed by atoms with E-state index in [9.17, 15) is 8.78 Å². The first-order valence-electron chi connectivity index (χ1n) is 9.49. The zero-order chi connectivity index (χ0) is 21.9. The lowest BCUT2D eigenvalue weighted by Gasteiger charge is -2.16. The van der Waals surface area contributed by atoms with Gasteiger partial charge in [0.2, 0.25) is 0 Å². The molecular weight excluding hydrogens is 523 g/mol. The summed E-state index contributed by atoms with van der Waals surface area (Å²) in [7, 11) is 3.23. The molecule has 0 aliphatic rings. The fourth-order valence-electron chi connectivity index (χ4n) is 2.65. The average molecular weight is 551 g/mol. The standard InChI is InChI=1S/C21H27F2N3O4.HI/c1-5-28-18-11-14(7-9-17(18)30-20(22)23)13-25-21(24-3)26-15-8-10-16(27-4)19(12-15)29-6-2;/h7-12,20H,5-6,13H2,1-4H3,(H2,24,25,26);1H. The van der Waals surface area contributed by atoms with E-state index in [2.05, 4.69) is 20.4 Å². The summed E-state index contributed by atoms with van der Waals surface area (Å²) in [6.45, 7) is 1.99. The van der Waals surface area contributed by atoms with E-state index in [0.29, 0.717) is 37.2 Å². The minimum absolute atomic E-state index is 0. The molecule has 7 nitrogen and oxygen atoms in total. The molecule has 0 spiro atoms. The number of alkyl halides is 2. The van der Waals surface area contributed by atoms with Crippen LogP contribution in [0.3, 0.4) is 0 Å². The highest BCUT2D eigenvalue weighted by Crippen LogP contribution is 2.31. The highest BCUT2D eigenvalue weighted by Gasteiger charge is 2.12. The third kappa shape index (κ3) is 8.27. The lowest BCUT2D eigenvalue weighted by Crippen LogP contribution is -2.30. The van der Waals surface area contributed by atoms with Crippen LogP contribution in [0.4, 0.5) is 14.5 Å². The summed E-state index contributed by atoms with van der Waals surface area (Å²) in [5.41, 5.74) is 1.58. The van der Waals surface area contributed by atoms with Crippen molar-refractivity contribution < 1.29 is 27.7 Å². The van der Waals surface area contributed by atoms with Gasteiger partial charge in [0.25, 0.3) is 0 Å². The van der Waals surface area contributed by atoms with Gasteiger partial charge in [0.1, 0.15) is 0 Å². The molecule has 2 N–H and O–H groups in total. The van der Waals surface area contributed by atoms with E-state index in [1.54, 1.807) is 39.3 Å². The molecule has 31 heavy (non-hydrogen) atoms. The normalized spacial score (nSPS) is 10.9. The number of methoxy groups -OCH3 is 1. The fourth-order valence-corrected chi connectivity index (χ4v) is 2.65. The first-order valence-corrected chi connectivity index (χ1v) is 9.49. The second-order valence-electron chi connectivity index (χ2n) is 5.94. The van der Waals surface area contributed by atoms with Crippen molar-refractivity contribution in [3.05, 3.63) is 42.0 Å². The molecule has 0 atom stereocenters. The van der Waals surface area contributed by atoms with Gasteiger partial charge in [-0.3, -0.25) is 4.99 Å². The van der Waals surface area contributed by atoms with Crippen molar-refractivity contribution >= 4 is 35.6 Å². The Kier molecular flexibility index (Phi) is 11.8. The predicted octanol–water partition coefficient (Wildman–Crippen LogP) is 4.90.